The average Bonchev–Trinajstić information content (AvgIpc) is 3.65. The van der Waals surface area contributed by atoms with Crippen molar-refractivity contribution < 1.29 is 14.2 Å². The number of rotatable bonds is 8. The van der Waals surface area contributed by atoms with Crippen LogP contribution < -0.4 is 10.1 Å². The summed E-state index contributed by atoms with van der Waals surface area (Å²) < 4.78 is 20.3. The van der Waals surface area contributed by atoms with Crippen LogP contribution in [-0.4, -0.2) is 45.4 Å². The van der Waals surface area contributed by atoms with E-state index in [0.29, 0.717) is 6.54 Å². The van der Waals surface area contributed by atoms with Crippen LogP contribution in [0, 0.1) is 0 Å². The summed E-state index contributed by atoms with van der Waals surface area (Å²) in [6.45, 7) is 4.68. The summed E-state index contributed by atoms with van der Waals surface area (Å²) in [6.07, 6.45) is 6.09. The molecular formula is C33H32N4O3S. The molecule has 0 amide bonds. The van der Waals surface area contributed by atoms with E-state index in [1.807, 2.05) is 44.3 Å². The zero-order chi connectivity index (χ0) is 28.0. The molecule has 1 aliphatic heterocycles. The minimum Gasteiger partial charge on any atom is -0.497 e. The fraction of sp³-hybridized carbons (Fsp3) is 0.273. The van der Waals surface area contributed by atoms with E-state index < -0.39 is 5.79 Å². The Hall–Kier alpha value is -3.85. The first kappa shape index (κ1) is 26.1. The van der Waals surface area contributed by atoms with Crippen molar-refractivity contribution in [1.82, 2.24) is 14.5 Å². The Morgan fingerprint density at radius 3 is 2.71 bits per heavy atom. The number of hydrogen-bond donors (Lipinski definition) is 1. The Kier molecular flexibility index (Phi) is 6.69. The normalized spacial score (nSPS) is 21.2. The van der Waals surface area contributed by atoms with E-state index in [0.717, 1.165) is 39.3 Å². The molecule has 2 aliphatic rings. The third-order valence-electron chi connectivity index (χ3n) is 7.72. The number of anilines is 1. The van der Waals surface area contributed by atoms with Gasteiger partial charge in [0.05, 0.1) is 18.7 Å². The minimum atomic E-state index is -0.629. The van der Waals surface area contributed by atoms with E-state index in [1.54, 1.807) is 18.9 Å². The molecule has 208 valence electrons. The zero-order valence-electron chi connectivity index (χ0n) is 23.3. The highest BCUT2D eigenvalue weighted by Crippen LogP contribution is 2.45. The summed E-state index contributed by atoms with van der Waals surface area (Å²) >= 11 is 1.80. The maximum absolute atomic E-state index is 6.42. The lowest BCUT2D eigenvalue weighted by molar-refractivity contribution is -0.147. The van der Waals surface area contributed by atoms with Crippen molar-refractivity contribution in [3.05, 3.63) is 102 Å². The van der Waals surface area contributed by atoms with Gasteiger partial charge in [-0.05, 0) is 79.6 Å². The van der Waals surface area contributed by atoms with Crippen molar-refractivity contribution >= 4 is 39.5 Å². The molecule has 1 N–H and O–H groups in total. The Labute approximate surface area is 243 Å². The largest absolute Gasteiger partial charge is 0.497 e. The Morgan fingerprint density at radius 1 is 1.00 bits per heavy atom. The van der Waals surface area contributed by atoms with Gasteiger partial charge in [-0.2, -0.15) is 0 Å². The molecule has 7 rings (SSSR count). The van der Waals surface area contributed by atoms with Gasteiger partial charge in [0.15, 0.2) is 5.79 Å². The lowest BCUT2D eigenvalue weighted by Gasteiger charge is -2.22. The van der Waals surface area contributed by atoms with Gasteiger partial charge in [-0.1, -0.05) is 24.3 Å². The van der Waals surface area contributed by atoms with Crippen molar-refractivity contribution in [3.8, 4) is 5.75 Å². The number of benzene rings is 2. The highest BCUT2D eigenvalue weighted by Gasteiger charge is 2.50. The number of fused-ring (bicyclic) bond motifs is 3. The molecule has 8 heteroatoms. The second kappa shape index (κ2) is 10.5. The van der Waals surface area contributed by atoms with E-state index in [2.05, 4.69) is 75.7 Å². The molecule has 7 nitrogen and oxygen atoms in total. The number of pyridine rings is 2. The minimum absolute atomic E-state index is 0.0300. The molecule has 1 saturated heterocycles. The summed E-state index contributed by atoms with van der Waals surface area (Å²) in [5.41, 5.74) is 4.35. The number of hydrogen-bond acceptors (Lipinski definition) is 7. The Bertz CT molecular complexity index is 1750. The lowest BCUT2D eigenvalue weighted by atomic mass is 10.1. The molecule has 1 aliphatic carbocycles. The van der Waals surface area contributed by atoms with Gasteiger partial charge < -0.3 is 24.1 Å². The topological polar surface area (TPSA) is 70.4 Å². The molecule has 0 bridgehead atoms. The second-order valence-electron chi connectivity index (χ2n) is 10.9. The fourth-order valence-corrected chi connectivity index (χ4v) is 6.67. The van der Waals surface area contributed by atoms with Gasteiger partial charge in [0.1, 0.15) is 29.4 Å². The molecule has 4 heterocycles. The highest BCUT2D eigenvalue weighted by atomic mass is 32.2. The number of nitrogens with zero attached hydrogens (tertiary/aromatic N) is 3. The van der Waals surface area contributed by atoms with Crippen LogP contribution in [0.1, 0.15) is 25.5 Å². The summed E-state index contributed by atoms with van der Waals surface area (Å²) in [4.78, 5) is 10.7. The number of thioether (sulfide) groups is 1. The fourth-order valence-electron chi connectivity index (χ4n) is 5.72. The van der Waals surface area contributed by atoms with Crippen LogP contribution in [0.15, 0.2) is 102 Å². The van der Waals surface area contributed by atoms with Gasteiger partial charge in [0.2, 0.25) is 0 Å². The van der Waals surface area contributed by atoms with Crippen LogP contribution in [0.5, 0.6) is 5.75 Å². The third-order valence-corrected chi connectivity index (χ3v) is 8.78. The quantitative estimate of drug-likeness (QED) is 0.161. The summed E-state index contributed by atoms with van der Waals surface area (Å²) in [6, 6.07) is 24.9. The molecule has 0 radical (unpaired) electrons. The summed E-state index contributed by atoms with van der Waals surface area (Å²) in [7, 11) is 1.68. The van der Waals surface area contributed by atoms with Crippen molar-refractivity contribution in [2.75, 3.05) is 18.2 Å². The molecule has 5 aromatic rings. The molecule has 0 spiro atoms. The van der Waals surface area contributed by atoms with E-state index in [-0.39, 0.29) is 18.2 Å². The lowest BCUT2D eigenvalue weighted by Crippen LogP contribution is -2.28. The van der Waals surface area contributed by atoms with Crippen molar-refractivity contribution in [2.24, 2.45) is 0 Å². The average molecular weight is 565 g/mol. The van der Waals surface area contributed by atoms with Gasteiger partial charge in [-0.25, -0.2) is 9.97 Å². The number of methoxy groups -OCH3 is 1. The first-order chi connectivity index (χ1) is 20.0. The standard InChI is InChI=1S/C33H32N4O3S/c1-33(2)39-30-24(17-28(31(30)40-33)37-16-14-23-5-4-15-34-32(23)37)20-41-26-12-8-22-9-13-29(36-27(22)18-26)35-19-21-6-10-25(38-3)11-7-21/h4-18,28,30-31H,19-20H2,1-3H3,(H,35,36)/t28-,30-,31+/m1/s1. The maximum Gasteiger partial charge on any atom is 0.164 e. The molecular weight excluding hydrogens is 532 g/mol. The molecule has 41 heavy (non-hydrogen) atoms. The molecule has 0 unspecified atom stereocenters. The van der Waals surface area contributed by atoms with Gasteiger partial charge in [-0.3, -0.25) is 0 Å². The van der Waals surface area contributed by atoms with Gasteiger partial charge >= 0.3 is 0 Å². The van der Waals surface area contributed by atoms with E-state index in [9.17, 15) is 0 Å². The van der Waals surface area contributed by atoms with E-state index >= 15 is 0 Å². The number of nitrogens with one attached hydrogen (secondary N) is 1. The highest BCUT2D eigenvalue weighted by molar-refractivity contribution is 7.99. The maximum atomic E-state index is 6.42. The van der Waals surface area contributed by atoms with E-state index in [4.69, 9.17) is 19.2 Å². The smallest absolute Gasteiger partial charge is 0.164 e. The van der Waals surface area contributed by atoms with Crippen molar-refractivity contribution in [1.29, 1.82) is 0 Å². The van der Waals surface area contributed by atoms with E-state index in [1.165, 1.54) is 16.0 Å². The SMILES string of the molecule is COc1ccc(CNc2ccc3ccc(SCC4=C[C@@H](n5ccc6cccnc65)[C@@H]5OC(C)(C)O[C@H]45)cc3n2)cc1. The van der Waals surface area contributed by atoms with Crippen LogP contribution in [0.3, 0.4) is 0 Å². The summed E-state index contributed by atoms with van der Waals surface area (Å²) in [5.74, 6) is 1.89. The van der Waals surface area contributed by atoms with Crippen LogP contribution in [0.25, 0.3) is 21.9 Å². The Morgan fingerprint density at radius 2 is 1.85 bits per heavy atom. The first-order valence-corrected chi connectivity index (χ1v) is 14.8. The van der Waals surface area contributed by atoms with Crippen LogP contribution in [-0.2, 0) is 16.0 Å². The second-order valence-corrected chi connectivity index (χ2v) is 12.0. The zero-order valence-corrected chi connectivity index (χ0v) is 24.1. The monoisotopic (exact) mass is 564 g/mol. The van der Waals surface area contributed by atoms with Crippen LogP contribution >= 0.6 is 11.8 Å². The van der Waals surface area contributed by atoms with Crippen molar-refractivity contribution in [2.45, 2.75) is 49.3 Å². The van der Waals surface area contributed by atoms with Crippen LogP contribution in [0.2, 0.25) is 0 Å². The molecule has 1 fully saturated rings. The summed E-state index contributed by atoms with van der Waals surface area (Å²) in [5, 5.41) is 5.69. The predicted octanol–water partition coefficient (Wildman–Crippen LogP) is 7.00. The first-order valence-electron chi connectivity index (χ1n) is 13.8. The van der Waals surface area contributed by atoms with Gasteiger partial charge in [0, 0.05) is 40.4 Å². The van der Waals surface area contributed by atoms with Gasteiger partial charge in [0.25, 0.3) is 0 Å². The molecule has 2 aromatic carbocycles. The third kappa shape index (κ3) is 5.19. The van der Waals surface area contributed by atoms with Crippen molar-refractivity contribution in [3.63, 3.8) is 0 Å². The molecule has 0 saturated carbocycles. The van der Waals surface area contributed by atoms with Gasteiger partial charge in [-0.15, -0.1) is 11.8 Å². The predicted molar refractivity (Wildman–Crippen MR) is 163 cm³/mol. The number of aromatic nitrogens is 3. The Balaban J connectivity index is 1.08. The number of ether oxygens (including phenoxy) is 3. The van der Waals surface area contributed by atoms with Crippen LogP contribution in [0.4, 0.5) is 5.82 Å². The molecule has 3 atom stereocenters. The molecule has 3 aromatic heterocycles.